The first-order valence-corrected chi connectivity index (χ1v) is 11.4. The van der Waals surface area contributed by atoms with Gasteiger partial charge >= 0.3 is 5.97 Å². The fraction of sp³-hybridized carbons (Fsp3) is 0.560. The summed E-state index contributed by atoms with van der Waals surface area (Å²) < 4.78 is 5.88. The Hall–Kier alpha value is -2.27. The first-order valence-electron chi connectivity index (χ1n) is 11.4. The summed E-state index contributed by atoms with van der Waals surface area (Å²) in [4.78, 5) is 15.9. The number of benzene rings is 1. The van der Waals surface area contributed by atoms with Gasteiger partial charge in [0.15, 0.2) is 0 Å². The quantitative estimate of drug-likeness (QED) is 0.403. The molecule has 5 rings (SSSR count). The van der Waals surface area contributed by atoms with Crippen molar-refractivity contribution in [3.05, 3.63) is 42.1 Å². The van der Waals surface area contributed by atoms with Crippen molar-refractivity contribution in [3.63, 3.8) is 0 Å². The fourth-order valence-electron chi connectivity index (χ4n) is 6.45. The van der Waals surface area contributed by atoms with E-state index < -0.39 is 0 Å². The average molecular weight is 410 g/mol. The van der Waals surface area contributed by atoms with Gasteiger partial charge in [-0.1, -0.05) is 19.1 Å². The maximum atomic E-state index is 12.7. The summed E-state index contributed by atoms with van der Waals surface area (Å²) in [5, 5.41) is 13.1. The highest BCUT2D eigenvalue weighted by Gasteiger charge is 2.55. The lowest BCUT2D eigenvalue weighted by Crippen LogP contribution is -2.86. The van der Waals surface area contributed by atoms with Gasteiger partial charge in [0.2, 0.25) is 0 Å². The van der Waals surface area contributed by atoms with Crippen molar-refractivity contribution in [1.29, 1.82) is 0 Å². The standard InChI is InChI=1S/C25H32N2O3/c1-15-4-3-8-25(2)12-23-19(11-21(15)25)20(24(29)30-23)14-26-9-7-16-13-27-22-6-5-17(28)10-18(16)22/h5-6,10,13,19-21,23,26-28H,1,3-4,7-9,11-12,14H2,2H3/p+1/t19-,20-,21+,23-,25-/m1/s1. The third kappa shape index (κ3) is 3.33. The van der Waals surface area contributed by atoms with Gasteiger partial charge in [0.25, 0.3) is 0 Å². The Labute approximate surface area is 177 Å². The molecule has 3 aliphatic rings. The molecule has 1 saturated heterocycles. The van der Waals surface area contributed by atoms with Crippen molar-refractivity contribution in [2.24, 2.45) is 23.2 Å². The molecule has 0 spiro atoms. The summed E-state index contributed by atoms with van der Waals surface area (Å²) in [6.07, 6.45) is 8.68. The highest BCUT2D eigenvalue weighted by atomic mass is 16.6. The van der Waals surface area contributed by atoms with E-state index in [1.165, 1.54) is 24.0 Å². The average Bonchev–Trinajstić information content (AvgIpc) is 3.23. The molecule has 3 fully saturated rings. The molecule has 0 amide bonds. The van der Waals surface area contributed by atoms with E-state index in [9.17, 15) is 9.90 Å². The number of esters is 1. The van der Waals surface area contributed by atoms with Crippen molar-refractivity contribution >= 4 is 16.9 Å². The normalized spacial score (nSPS) is 33.4. The van der Waals surface area contributed by atoms with Crippen LogP contribution in [-0.2, 0) is 16.0 Å². The Morgan fingerprint density at radius 2 is 2.27 bits per heavy atom. The Morgan fingerprint density at radius 1 is 1.40 bits per heavy atom. The number of H-pyrrole nitrogens is 1. The third-order valence-corrected chi connectivity index (χ3v) is 8.11. The predicted octanol–water partition coefficient (Wildman–Crippen LogP) is 3.29. The SMILES string of the molecule is C=C1CCC[C@]2(C)C[C@H]3OC(=O)[C@H](C[NH2+]CCc4c[nH]c5ccc(O)cc45)[C@H]3C[C@@H]12. The molecule has 4 N–H and O–H groups in total. The number of carbonyl (C=O) groups excluding carboxylic acids is 1. The van der Waals surface area contributed by atoms with Gasteiger partial charge in [0, 0.05) is 29.4 Å². The van der Waals surface area contributed by atoms with Crippen LogP contribution in [0.5, 0.6) is 5.75 Å². The largest absolute Gasteiger partial charge is 0.508 e. The Kier molecular flexibility index (Phi) is 4.89. The molecule has 2 aliphatic carbocycles. The van der Waals surface area contributed by atoms with Crippen LogP contribution in [0.4, 0.5) is 0 Å². The number of aromatic nitrogens is 1. The molecule has 5 heteroatoms. The summed E-state index contributed by atoms with van der Waals surface area (Å²) >= 11 is 0. The van der Waals surface area contributed by atoms with Crippen molar-refractivity contribution in [3.8, 4) is 5.75 Å². The molecule has 0 bridgehead atoms. The van der Waals surface area contributed by atoms with Crippen molar-refractivity contribution in [2.75, 3.05) is 13.1 Å². The van der Waals surface area contributed by atoms with Crippen LogP contribution in [0.25, 0.3) is 10.9 Å². The third-order valence-electron chi connectivity index (χ3n) is 8.11. The zero-order valence-electron chi connectivity index (χ0n) is 17.8. The lowest BCUT2D eigenvalue weighted by molar-refractivity contribution is -0.658. The number of quaternary nitrogens is 1. The number of rotatable bonds is 5. The van der Waals surface area contributed by atoms with E-state index in [-0.39, 0.29) is 23.4 Å². The number of ether oxygens (including phenoxy) is 1. The molecule has 0 unspecified atom stereocenters. The first kappa shape index (κ1) is 19.7. The first-order chi connectivity index (χ1) is 14.4. The van der Waals surface area contributed by atoms with Crippen LogP contribution in [0.2, 0.25) is 0 Å². The highest BCUT2D eigenvalue weighted by molar-refractivity contribution is 5.84. The topological polar surface area (TPSA) is 78.9 Å². The molecule has 2 heterocycles. The van der Waals surface area contributed by atoms with E-state index in [0.717, 1.165) is 49.7 Å². The van der Waals surface area contributed by atoms with E-state index >= 15 is 0 Å². The van der Waals surface area contributed by atoms with Gasteiger partial charge in [-0.25, -0.2) is 0 Å². The molecule has 2 aromatic rings. The van der Waals surface area contributed by atoms with E-state index in [2.05, 4.69) is 23.8 Å². The van der Waals surface area contributed by atoms with E-state index in [4.69, 9.17) is 4.74 Å². The minimum absolute atomic E-state index is 0.00119. The molecule has 30 heavy (non-hydrogen) atoms. The van der Waals surface area contributed by atoms with Gasteiger partial charge in [-0.3, -0.25) is 4.79 Å². The van der Waals surface area contributed by atoms with Crippen LogP contribution in [0, 0.1) is 23.2 Å². The molecule has 1 aliphatic heterocycles. The zero-order valence-corrected chi connectivity index (χ0v) is 17.8. The number of phenolic OH excluding ortho intramolecular Hbond substituents is 1. The summed E-state index contributed by atoms with van der Waals surface area (Å²) in [5.41, 5.74) is 3.90. The second-order valence-electron chi connectivity index (χ2n) is 10.0. The summed E-state index contributed by atoms with van der Waals surface area (Å²) in [7, 11) is 0. The van der Waals surface area contributed by atoms with Crippen LogP contribution >= 0.6 is 0 Å². The van der Waals surface area contributed by atoms with Crippen LogP contribution in [0.15, 0.2) is 36.5 Å². The Bertz CT molecular complexity index is 980. The number of phenols is 1. The number of nitrogens with one attached hydrogen (secondary N) is 1. The van der Waals surface area contributed by atoms with Crippen molar-refractivity contribution in [1.82, 2.24) is 4.98 Å². The van der Waals surface area contributed by atoms with Crippen LogP contribution in [0.1, 0.15) is 44.6 Å². The lowest BCUT2D eigenvalue weighted by atomic mass is 9.55. The molecule has 5 nitrogen and oxygen atoms in total. The molecule has 2 saturated carbocycles. The highest BCUT2D eigenvalue weighted by Crippen LogP contribution is 2.56. The number of aromatic amines is 1. The summed E-state index contributed by atoms with van der Waals surface area (Å²) in [6, 6.07) is 5.42. The second kappa shape index (κ2) is 7.45. The maximum absolute atomic E-state index is 12.7. The van der Waals surface area contributed by atoms with Crippen LogP contribution in [0.3, 0.4) is 0 Å². The van der Waals surface area contributed by atoms with Gasteiger partial charge in [-0.2, -0.15) is 0 Å². The monoisotopic (exact) mass is 409 g/mol. The van der Waals surface area contributed by atoms with Gasteiger partial charge in [-0.05, 0) is 67.2 Å². The van der Waals surface area contributed by atoms with E-state index in [1.54, 1.807) is 6.07 Å². The second-order valence-corrected chi connectivity index (χ2v) is 10.0. The van der Waals surface area contributed by atoms with Gasteiger partial charge in [0.1, 0.15) is 17.8 Å². The maximum Gasteiger partial charge on any atom is 0.315 e. The Morgan fingerprint density at radius 3 is 3.13 bits per heavy atom. The minimum Gasteiger partial charge on any atom is -0.508 e. The number of hydrogen-bond acceptors (Lipinski definition) is 3. The number of fused-ring (bicyclic) bond motifs is 3. The molecular weight excluding hydrogens is 376 g/mol. The van der Waals surface area contributed by atoms with Gasteiger partial charge < -0.3 is 20.1 Å². The van der Waals surface area contributed by atoms with Crippen molar-refractivity contribution < 1.29 is 20.0 Å². The van der Waals surface area contributed by atoms with Crippen molar-refractivity contribution in [2.45, 2.75) is 51.6 Å². The van der Waals surface area contributed by atoms with Crippen LogP contribution in [-0.4, -0.2) is 35.3 Å². The number of nitrogens with two attached hydrogens (primary N) is 1. The zero-order chi connectivity index (χ0) is 20.9. The Balaban J connectivity index is 1.21. The molecule has 1 aromatic heterocycles. The lowest BCUT2D eigenvalue weighted by Gasteiger charge is -2.49. The number of carbonyl (C=O) groups is 1. The summed E-state index contributed by atoms with van der Waals surface area (Å²) in [5.74, 6) is 1.18. The number of allylic oxidation sites excluding steroid dienone is 1. The van der Waals surface area contributed by atoms with Gasteiger partial charge in [-0.15, -0.1) is 0 Å². The van der Waals surface area contributed by atoms with E-state index in [1.807, 2.05) is 18.3 Å². The number of hydrogen-bond donors (Lipinski definition) is 3. The molecule has 1 aromatic carbocycles. The predicted molar refractivity (Wildman–Crippen MR) is 116 cm³/mol. The van der Waals surface area contributed by atoms with Gasteiger partial charge in [0.05, 0.1) is 13.1 Å². The fourth-order valence-corrected chi connectivity index (χ4v) is 6.45. The molecular formula is C25H33N2O3+. The minimum atomic E-state index is 0.00119. The molecule has 5 atom stereocenters. The molecule has 0 radical (unpaired) electrons. The smallest absolute Gasteiger partial charge is 0.315 e. The van der Waals surface area contributed by atoms with E-state index in [0.29, 0.717) is 17.6 Å². The summed E-state index contributed by atoms with van der Waals surface area (Å²) in [6.45, 7) is 8.47. The van der Waals surface area contributed by atoms with Crippen LogP contribution < -0.4 is 5.32 Å². The molecule has 160 valence electrons. The number of aromatic hydroxyl groups is 1.